The van der Waals surface area contributed by atoms with E-state index in [-0.39, 0.29) is 11.4 Å². The molecule has 0 aromatic heterocycles. The van der Waals surface area contributed by atoms with Crippen molar-refractivity contribution in [3.63, 3.8) is 0 Å². The van der Waals surface area contributed by atoms with Crippen LogP contribution in [-0.2, 0) is 19.1 Å². The van der Waals surface area contributed by atoms with Crippen LogP contribution in [0.3, 0.4) is 0 Å². The lowest BCUT2D eigenvalue weighted by Gasteiger charge is -2.39. The molecule has 18 heavy (non-hydrogen) atoms. The summed E-state index contributed by atoms with van der Waals surface area (Å²) in [4.78, 5) is 23.0. The zero-order chi connectivity index (χ0) is 13.2. The number of carbonyl (C=O) groups excluding carboxylic acids is 2. The van der Waals surface area contributed by atoms with Crippen LogP contribution in [0.5, 0.6) is 0 Å². The highest BCUT2D eigenvalue weighted by Crippen LogP contribution is 2.51. The fraction of sp³-hybridized carbons (Fsp3) is 0.571. The first kappa shape index (κ1) is 12.9. The largest absolute Gasteiger partial charge is 0.463 e. The highest BCUT2D eigenvalue weighted by atomic mass is 16.6. The van der Waals surface area contributed by atoms with Gasteiger partial charge in [0.15, 0.2) is 5.60 Å². The van der Waals surface area contributed by atoms with Crippen molar-refractivity contribution in [1.29, 1.82) is 0 Å². The molecule has 1 fully saturated rings. The Labute approximate surface area is 107 Å². The van der Waals surface area contributed by atoms with E-state index in [0.717, 1.165) is 12.8 Å². The van der Waals surface area contributed by atoms with E-state index in [9.17, 15) is 9.59 Å². The van der Waals surface area contributed by atoms with Gasteiger partial charge in [-0.05, 0) is 31.9 Å². The molecule has 0 radical (unpaired) electrons. The van der Waals surface area contributed by atoms with Gasteiger partial charge >= 0.3 is 11.9 Å². The van der Waals surface area contributed by atoms with Crippen LogP contribution in [0.25, 0.3) is 0 Å². The van der Waals surface area contributed by atoms with Crippen LogP contribution in [0, 0.1) is 5.41 Å². The summed E-state index contributed by atoms with van der Waals surface area (Å²) < 4.78 is 10.3. The minimum atomic E-state index is -0.783. The number of carbonyl (C=O) groups is 2. The minimum absolute atomic E-state index is 0.211. The molecule has 0 aromatic carbocycles. The molecule has 0 unspecified atom stereocenters. The van der Waals surface area contributed by atoms with E-state index in [1.54, 1.807) is 13.0 Å². The molecule has 2 rings (SSSR count). The van der Waals surface area contributed by atoms with Gasteiger partial charge in [0.2, 0.25) is 0 Å². The van der Waals surface area contributed by atoms with Crippen LogP contribution in [0.4, 0.5) is 0 Å². The van der Waals surface area contributed by atoms with E-state index in [4.69, 9.17) is 9.47 Å². The predicted molar refractivity (Wildman–Crippen MR) is 65.7 cm³/mol. The Hall–Kier alpha value is -1.58. The summed E-state index contributed by atoms with van der Waals surface area (Å²) in [7, 11) is 0. The van der Waals surface area contributed by atoms with Crippen LogP contribution in [0.2, 0.25) is 0 Å². The van der Waals surface area contributed by atoms with Crippen LogP contribution in [0.15, 0.2) is 24.3 Å². The Balaban J connectivity index is 2.26. The predicted octanol–water partition coefficient (Wildman–Crippen LogP) is 2.15. The number of rotatable bonds is 3. The molecule has 1 saturated heterocycles. The first-order valence-electron chi connectivity index (χ1n) is 6.27. The van der Waals surface area contributed by atoms with Gasteiger partial charge in [-0.1, -0.05) is 13.0 Å². The van der Waals surface area contributed by atoms with Crippen molar-refractivity contribution >= 4 is 11.9 Å². The maximum Gasteiger partial charge on any atom is 0.330 e. The number of fused-ring (bicyclic) bond motifs is 1. The number of hydrogen-bond acceptors (Lipinski definition) is 4. The second-order valence-electron chi connectivity index (χ2n) is 5.03. The van der Waals surface area contributed by atoms with Gasteiger partial charge in [0.25, 0.3) is 0 Å². The molecule has 98 valence electrons. The van der Waals surface area contributed by atoms with E-state index in [1.165, 1.54) is 6.08 Å². The van der Waals surface area contributed by atoms with E-state index < -0.39 is 11.6 Å². The molecular weight excluding hydrogens is 232 g/mol. The Kier molecular flexibility index (Phi) is 3.28. The second-order valence-corrected chi connectivity index (χ2v) is 5.03. The molecule has 0 bridgehead atoms. The van der Waals surface area contributed by atoms with Crippen molar-refractivity contribution < 1.29 is 19.1 Å². The smallest absolute Gasteiger partial charge is 0.330 e. The Morgan fingerprint density at radius 1 is 1.61 bits per heavy atom. The monoisotopic (exact) mass is 250 g/mol. The van der Waals surface area contributed by atoms with E-state index in [1.807, 2.05) is 19.1 Å². The highest BCUT2D eigenvalue weighted by molar-refractivity contribution is 5.83. The normalized spacial score (nSPS) is 34.4. The van der Waals surface area contributed by atoms with Gasteiger partial charge in [-0.25, -0.2) is 4.79 Å². The topological polar surface area (TPSA) is 52.6 Å². The van der Waals surface area contributed by atoms with Gasteiger partial charge in [-0.3, -0.25) is 4.79 Å². The molecule has 0 saturated carbocycles. The maximum atomic E-state index is 11.6. The van der Waals surface area contributed by atoms with Crippen LogP contribution >= 0.6 is 0 Å². The number of hydrogen-bond donors (Lipinski definition) is 0. The van der Waals surface area contributed by atoms with Crippen LogP contribution < -0.4 is 0 Å². The molecule has 0 N–H and O–H groups in total. The minimum Gasteiger partial charge on any atom is -0.463 e. The lowest BCUT2D eigenvalue weighted by molar-refractivity contribution is -0.144. The summed E-state index contributed by atoms with van der Waals surface area (Å²) in [5.74, 6) is -0.617. The van der Waals surface area contributed by atoms with Crippen molar-refractivity contribution in [1.82, 2.24) is 0 Å². The SMILES string of the molecule is CCOC(=O)/C=C/[C@]12C=CCC[C@@]1(C)CC(=O)O2. The Morgan fingerprint density at radius 2 is 2.39 bits per heavy atom. The van der Waals surface area contributed by atoms with Crippen molar-refractivity contribution in [2.24, 2.45) is 5.41 Å². The molecule has 1 aliphatic heterocycles. The molecule has 2 atom stereocenters. The molecule has 0 aromatic rings. The Bertz CT molecular complexity index is 424. The third kappa shape index (κ3) is 2.07. The third-order valence-electron chi connectivity index (χ3n) is 3.74. The summed E-state index contributed by atoms with van der Waals surface area (Å²) in [5, 5.41) is 0. The van der Waals surface area contributed by atoms with Gasteiger partial charge in [0, 0.05) is 11.5 Å². The third-order valence-corrected chi connectivity index (χ3v) is 3.74. The van der Waals surface area contributed by atoms with Crippen LogP contribution in [-0.4, -0.2) is 24.1 Å². The molecule has 0 amide bonds. The van der Waals surface area contributed by atoms with Gasteiger partial charge < -0.3 is 9.47 Å². The quantitative estimate of drug-likeness (QED) is 0.437. The first-order chi connectivity index (χ1) is 8.51. The van der Waals surface area contributed by atoms with E-state index in [0.29, 0.717) is 13.0 Å². The average molecular weight is 250 g/mol. The molecular formula is C14H18O4. The van der Waals surface area contributed by atoms with Gasteiger partial charge in [0.1, 0.15) is 0 Å². The molecule has 1 aliphatic carbocycles. The molecule has 4 nitrogen and oxygen atoms in total. The summed E-state index contributed by atoms with van der Waals surface area (Å²) in [6.07, 6.45) is 9.10. The summed E-state index contributed by atoms with van der Waals surface area (Å²) in [6, 6.07) is 0. The van der Waals surface area contributed by atoms with Gasteiger partial charge in [0.05, 0.1) is 13.0 Å². The van der Waals surface area contributed by atoms with Crippen molar-refractivity contribution in [3.05, 3.63) is 24.3 Å². The standard InChI is InChI=1S/C14H18O4/c1-3-17-11(15)6-9-14-8-5-4-7-13(14,2)10-12(16)18-14/h5-6,8-9H,3-4,7,10H2,1-2H3/b9-6+/t13-,14+/m0/s1. The van der Waals surface area contributed by atoms with E-state index >= 15 is 0 Å². The van der Waals surface area contributed by atoms with Crippen molar-refractivity contribution in [2.45, 2.75) is 38.7 Å². The summed E-state index contributed by atoms with van der Waals surface area (Å²) in [6.45, 7) is 4.12. The fourth-order valence-electron chi connectivity index (χ4n) is 2.66. The summed E-state index contributed by atoms with van der Waals surface area (Å²) >= 11 is 0. The second kappa shape index (κ2) is 4.59. The molecule has 0 spiro atoms. The maximum absolute atomic E-state index is 11.6. The zero-order valence-electron chi connectivity index (χ0n) is 10.8. The van der Waals surface area contributed by atoms with E-state index in [2.05, 4.69) is 0 Å². The first-order valence-corrected chi connectivity index (χ1v) is 6.27. The number of ether oxygens (including phenoxy) is 2. The number of allylic oxidation sites excluding steroid dienone is 1. The van der Waals surface area contributed by atoms with Gasteiger partial charge in [-0.15, -0.1) is 0 Å². The average Bonchev–Trinajstić information content (AvgIpc) is 2.57. The zero-order valence-corrected chi connectivity index (χ0v) is 10.8. The molecule has 1 heterocycles. The van der Waals surface area contributed by atoms with Crippen molar-refractivity contribution in [2.75, 3.05) is 6.61 Å². The Morgan fingerprint density at radius 3 is 3.11 bits per heavy atom. The van der Waals surface area contributed by atoms with Crippen molar-refractivity contribution in [3.8, 4) is 0 Å². The lowest BCUT2D eigenvalue weighted by Crippen LogP contribution is -2.41. The number of esters is 2. The van der Waals surface area contributed by atoms with Gasteiger partial charge in [-0.2, -0.15) is 0 Å². The summed E-state index contributed by atoms with van der Waals surface area (Å²) in [5.41, 5.74) is -1.04. The highest BCUT2D eigenvalue weighted by Gasteiger charge is 2.55. The molecule has 4 heteroatoms. The van der Waals surface area contributed by atoms with Crippen LogP contribution in [0.1, 0.15) is 33.1 Å². The lowest BCUT2D eigenvalue weighted by atomic mass is 9.67. The fourth-order valence-corrected chi connectivity index (χ4v) is 2.66. The molecule has 2 aliphatic rings.